The lowest BCUT2D eigenvalue weighted by molar-refractivity contribution is 0.274. The van der Waals surface area contributed by atoms with Crippen LogP contribution in [0.3, 0.4) is 0 Å². The largest absolute Gasteiger partial charge is 0.377 e. The van der Waals surface area contributed by atoms with Crippen LogP contribution in [0.5, 0.6) is 0 Å². The summed E-state index contributed by atoms with van der Waals surface area (Å²) in [6, 6.07) is 8.65. The highest BCUT2D eigenvalue weighted by atomic mass is 35.5. The van der Waals surface area contributed by atoms with Gasteiger partial charge in [-0.15, -0.1) is 12.4 Å². The standard InChI is InChI=1S/C15H25N3.ClH/c1-15(11-16)8-9-18(12-15)10-13-6-4-5-7-14(13)17(2)3;/h4-7H,8-12,16H2,1-3H3;1H. The summed E-state index contributed by atoms with van der Waals surface area (Å²) in [6.45, 7) is 6.40. The van der Waals surface area contributed by atoms with Crippen molar-refractivity contribution in [2.45, 2.75) is 19.9 Å². The minimum Gasteiger partial charge on any atom is -0.377 e. The number of hydrogen-bond donors (Lipinski definition) is 1. The van der Waals surface area contributed by atoms with Gasteiger partial charge in [-0.25, -0.2) is 0 Å². The molecule has 4 heteroatoms. The lowest BCUT2D eigenvalue weighted by atomic mass is 9.90. The van der Waals surface area contributed by atoms with Crippen molar-refractivity contribution in [2.24, 2.45) is 11.1 Å². The lowest BCUT2D eigenvalue weighted by Crippen LogP contribution is -2.31. The Morgan fingerprint density at radius 2 is 2.00 bits per heavy atom. The van der Waals surface area contributed by atoms with Gasteiger partial charge in [0.2, 0.25) is 0 Å². The molecule has 2 N–H and O–H groups in total. The van der Waals surface area contributed by atoms with Crippen molar-refractivity contribution >= 4 is 18.1 Å². The summed E-state index contributed by atoms with van der Waals surface area (Å²) < 4.78 is 0. The van der Waals surface area contributed by atoms with Gasteiger partial charge in [-0.3, -0.25) is 4.90 Å². The van der Waals surface area contributed by atoms with E-state index in [4.69, 9.17) is 5.73 Å². The Labute approximate surface area is 123 Å². The maximum Gasteiger partial charge on any atom is 0.0406 e. The fourth-order valence-corrected chi connectivity index (χ4v) is 2.75. The van der Waals surface area contributed by atoms with Crippen LogP contribution in [0.15, 0.2) is 24.3 Å². The molecule has 108 valence electrons. The first kappa shape index (κ1) is 16.3. The second-order valence-electron chi connectivity index (χ2n) is 6.00. The van der Waals surface area contributed by atoms with Gasteiger partial charge in [-0.1, -0.05) is 25.1 Å². The molecule has 1 aliphatic heterocycles. The quantitative estimate of drug-likeness (QED) is 0.921. The molecule has 1 aliphatic rings. The smallest absolute Gasteiger partial charge is 0.0406 e. The maximum atomic E-state index is 5.87. The van der Waals surface area contributed by atoms with Gasteiger partial charge in [0, 0.05) is 32.9 Å². The molecule has 1 heterocycles. The molecule has 1 aromatic rings. The lowest BCUT2D eigenvalue weighted by Gasteiger charge is -2.24. The van der Waals surface area contributed by atoms with Crippen molar-refractivity contribution in [2.75, 3.05) is 38.6 Å². The molecule has 1 saturated heterocycles. The Morgan fingerprint density at radius 3 is 2.58 bits per heavy atom. The molecule has 0 saturated carbocycles. The summed E-state index contributed by atoms with van der Waals surface area (Å²) in [4.78, 5) is 4.71. The first-order chi connectivity index (χ1) is 8.54. The fourth-order valence-electron chi connectivity index (χ4n) is 2.75. The van der Waals surface area contributed by atoms with Crippen molar-refractivity contribution in [3.8, 4) is 0 Å². The zero-order valence-electron chi connectivity index (χ0n) is 12.2. The van der Waals surface area contributed by atoms with E-state index < -0.39 is 0 Å². The monoisotopic (exact) mass is 283 g/mol. The number of benzene rings is 1. The van der Waals surface area contributed by atoms with Crippen molar-refractivity contribution in [3.63, 3.8) is 0 Å². The minimum absolute atomic E-state index is 0. The number of likely N-dealkylation sites (tertiary alicyclic amines) is 1. The first-order valence-electron chi connectivity index (χ1n) is 6.72. The topological polar surface area (TPSA) is 32.5 Å². The van der Waals surface area contributed by atoms with Crippen LogP contribution in [0.4, 0.5) is 5.69 Å². The van der Waals surface area contributed by atoms with Crippen LogP contribution in [-0.4, -0.2) is 38.6 Å². The predicted octanol–water partition coefficient (Wildman–Crippen LogP) is 2.35. The summed E-state index contributed by atoms with van der Waals surface area (Å²) in [6.07, 6.45) is 1.22. The van der Waals surface area contributed by atoms with Gasteiger partial charge in [0.15, 0.2) is 0 Å². The number of nitrogens with zero attached hydrogens (tertiary/aromatic N) is 2. The average Bonchev–Trinajstić information content (AvgIpc) is 2.72. The molecule has 1 fully saturated rings. The first-order valence-corrected chi connectivity index (χ1v) is 6.72. The highest BCUT2D eigenvalue weighted by molar-refractivity contribution is 5.85. The molecule has 0 amide bonds. The molecular weight excluding hydrogens is 258 g/mol. The zero-order chi connectivity index (χ0) is 13.2. The number of hydrogen-bond acceptors (Lipinski definition) is 3. The number of rotatable bonds is 4. The van der Waals surface area contributed by atoms with Gasteiger partial charge < -0.3 is 10.6 Å². The normalized spacial score (nSPS) is 23.2. The Kier molecular flexibility index (Phi) is 5.65. The molecule has 19 heavy (non-hydrogen) atoms. The van der Waals surface area contributed by atoms with Crippen LogP contribution in [0, 0.1) is 5.41 Å². The SMILES string of the molecule is CN(C)c1ccccc1CN1CCC(C)(CN)C1.Cl. The summed E-state index contributed by atoms with van der Waals surface area (Å²) in [5.74, 6) is 0. The van der Waals surface area contributed by atoms with Crippen LogP contribution < -0.4 is 10.6 Å². The highest BCUT2D eigenvalue weighted by Crippen LogP contribution is 2.30. The minimum atomic E-state index is 0. The zero-order valence-corrected chi connectivity index (χ0v) is 13.0. The molecule has 0 radical (unpaired) electrons. The third-order valence-electron chi connectivity index (χ3n) is 4.00. The summed E-state index contributed by atoms with van der Waals surface area (Å²) in [5, 5.41) is 0. The molecule has 0 aliphatic carbocycles. The van der Waals surface area contributed by atoms with Crippen molar-refractivity contribution in [1.82, 2.24) is 4.90 Å². The van der Waals surface area contributed by atoms with Gasteiger partial charge >= 0.3 is 0 Å². The average molecular weight is 284 g/mol. The van der Waals surface area contributed by atoms with Crippen LogP contribution in [-0.2, 0) is 6.54 Å². The summed E-state index contributed by atoms with van der Waals surface area (Å²) in [7, 11) is 4.21. The highest BCUT2D eigenvalue weighted by Gasteiger charge is 2.32. The van der Waals surface area contributed by atoms with Crippen LogP contribution in [0.1, 0.15) is 18.9 Å². The maximum absolute atomic E-state index is 5.87. The Hall–Kier alpha value is -0.770. The van der Waals surface area contributed by atoms with Gasteiger partial charge in [0.25, 0.3) is 0 Å². The van der Waals surface area contributed by atoms with E-state index in [9.17, 15) is 0 Å². The summed E-state index contributed by atoms with van der Waals surface area (Å²) >= 11 is 0. The number of para-hydroxylation sites is 1. The second kappa shape index (κ2) is 6.60. The van der Waals surface area contributed by atoms with Gasteiger partial charge in [-0.2, -0.15) is 0 Å². The van der Waals surface area contributed by atoms with E-state index in [1.165, 1.54) is 17.7 Å². The molecule has 1 atom stereocenters. The molecule has 0 aromatic heterocycles. The molecule has 1 unspecified atom stereocenters. The van der Waals surface area contributed by atoms with Gasteiger partial charge in [-0.05, 0) is 36.6 Å². The molecule has 2 rings (SSSR count). The molecule has 0 spiro atoms. The Morgan fingerprint density at radius 1 is 1.32 bits per heavy atom. The second-order valence-corrected chi connectivity index (χ2v) is 6.00. The van der Waals surface area contributed by atoms with E-state index in [0.717, 1.165) is 26.2 Å². The molecule has 3 nitrogen and oxygen atoms in total. The fraction of sp³-hybridized carbons (Fsp3) is 0.600. The van der Waals surface area contributed by atoms with E-state index in [-0.39, 0.29) is 12.4 Å². The molecule has 1 aromatic carbocycles. The Bertz CT molecular complexity index is 408. The number of nitrogens with two attached hydrogens (primary N) is 1. The van der Waals surface area contributed by atoms with E-state index in [0.29, 0.717) is 5.41 Å². The van der Waals surface area contributed by atoms with E-state index in [1.54, 1.807) is 0 Å². The van der Waals surface area contributed by atoms with Crippen LogP contribution in [0.2, 0.25) is 0 Å². The van der Waals surface area contributed by atoms with Crippen molar-refractivity contribution < 1.29 is 0 Å². The van der Waals surface area contributed by atoms with Crippen LogP contribution in [0.25, 0.3) is 0 Å². The van der Waals surface area contributed by atoms with E-state index in [1.807, 2.05) is 0 Å². The number of halogens is 1. The van der Waals surface area contributed by atoms with Crippen molar-refractivity contribution in [1.29, 1.82) is 0 Å². The molecule has 0 bridgehead atoms. The third kappa shape index (κ3) is 3.85. The van der Waals surface area contributed by atoms with Gasteiger partial charge in [0.05, 0.1) is 0 Å². The van der Waals surface area contributed by atoms with E-state index >= 15 is 0 Å². The Balaban J connectivity index is 0.00000180. The van der Waals surface area contributed by atoms with Gasteiger partial charge in [0.1, 0.15) is 0 Å². The van der Waals surface area contributed by atoms with E-state index in [2.05, 4.69) is 55.1 Å². The van der Waals surface area contributed by atoms with Crippen LogP contribution >= 0.6 is 12.4 Å². The third-order valence-corrected chi connectivity index (χ3v) is 4.00. The molecular formula is C15H26ClN3. The predicted molar refractivity (Wildman–Crippen MR) is 85.1 cm³/mol. The number of anilines is 1. The van der Waals surface area contributed by atoms with Crippen molar-refractivity contribution in [3.05, 3.63) is 29.8 Å². The summed E-state index contributed by atoms with van der Waals surface area (Å²) in [5.41, 5.74) is 8.90.